The van der Waals surface area contributed by atoms with Gasteiger partial charge in [0, 0.05) is 12.1 Å². The number of carbonyl (C=O) groups is 1. The normalized spacial score (nSPS) is 16.5. The fraction of sp³-hybridized carbons (Fsp3) is 0.727. The topological polar surface area (TPSA) is 75.4 Å². The molecule has 0 bridgehead atoms. The van der Waals surface area contributed by atoms with Crippen LogP contribution in [0.25, 0.3) is 0 Å². The first-order chi connectivity index (χ1) is 6.99. The molecule has 15 heavy (non-hydrogen) atoms. The van der Waals surface area contributed by atoms with E-state index in [1.54, 1.807) is 6.08 Å². The van der Waals surface area contributed by atoms with E-state index in [4.69, 9.17) is 10.8 Å². The molecule has 0 saturated heterocycles. The molecular formula is C11H22N2O2. The maximum atomic E-state index is 11.6. The summed E-state index contributed by atoms with van der Waals surface area (Å²) in [5, 5.41) is 11.7. The molecule has 4 heteroatoms. The van der Waals surface area contributed by atoms with Gasteiger partial charge in [0.15, 0.2) is 0 Å². The quantitative estimate of drug-likeness (QED) is 0.542. The van der Waals surface area contributed by atoms with Crippen molar-refractivity contribution in [3.05, 3.63) is 12.7 Å². The van der Waals surface area contributed by atoms with E-state index in [2.05, 4.69) is 11.9 Å². The smallest absolute Gasteiger partial charge is 0.237 e. The molecule has 0 aromatic heterocycles. The number of aliphatic hydroxyl groups excluding tert-OH is 1. The van der Waals surface area contributed by atoms with Gasteiger partial charge in [-0.3, -0.25) is 4.79 Å². The highest BCUT2D eigenvalue weighted by Crippen LogP contribution is 2.13. The largest absolute Gasteiger partial charge is 0.396 e. The Labute approximate surface area is 91.5 Å². The Morgan fingerprint density at radius 1 is 1.73 bits per heavy atom. The van der Waals surface area contributed by atoms with Gasteiger partial charge in [0.1, 0.15) is 0 Å². The summed E-state index contributed by atoms with van der Waals surface area (Å²) in [5.74, 6) is -0.187. The average Bonchev–Trinajstić information content (AvgIpc) is 2.18. The van der Waals surface area contributed by atoms with Crippen molar-refractivity contribution in [1.29, 1.82) is 0 Å². The van der Waals surface area contributed by atoms with Gasteiger partial charge in [0.05, 0.1) is 6.04 Å². The summed E-state index contributed by atoms with van der Waals surface area (Å²) in [6.07, 6.45) is 3.39. The summed E-state index contributed by atoms with van der Waals surface area (Å²) in [5.41, 5.74) is 5.27. The number of nitrogens with two attached hydrogens (primary N) is 1. The number of rotatable bonds is 7. The van der Waals surface area contributed by atoms with Crippen molar-refractivity contribution < 1.29 is 9.90 Å². The highest BCUT2D eigenvalue weighted by molar-refractivity contribution is 5.82. The third kappa shape index (κ3) is 4.95. The Balaban J connectivity index is 4.28. The molecule has 1 amide bonds. The fourth-order valence-corrected chi connectivity index (χ4v) is 1.25. The summed E-state index contributed by atoms with van der Waals surface area (Å²) < 4.78 is 0. The second-order valence-electron chi connectivity index (χ2n) is 4.01. The van der Waals surface area contributed by atoms with Gasteiger partial charge < -0.3 is 16.2 Å². The molecule has 0 aromatic rings. The van der Waals surface area contributed by atoms with Crippen LogP contribution in [0.4, 0.5) is 0 Å². The fourth-order valence-electron chi connectivity index (χ4n) is 1.25. The van der Waals surface area contributed by atoms with Gasteiger partial charge in [-0.25, -0.2) is 0 Å². The number of hydrogen-bond donors (Lipinski definition) is 3. The van der Waals surface area contributed by atoms with E-state index >= 15 is 0 Å². The number of aliphatic hydroxyl groups is 1. The van der Waals surface area contributed by atoms with E-state index in [9.17, 15) is 4.79 Å². The summed E-state index contributed by atoms with van der Waals surface area (Å²) in [4.78, 5) is 11.6. The zero-order valence-electron chi connectivity index (χ0n) is 9.62. The van der Waals surface area contributed by atoms with E-state index in [0.29, 0.717) is 12.8 Å². The Kier molecular flexibility index (Phi) is 6.20. The van der Waals surface area contributed by atoms with Gasteiger partial charge in [-0.15, -0.1) is 6.58 Å². The SMILES string of the molecule is C=CCC(N)C(=O)NC(C)(CC)CCO. The van der Waals surface area contributed by atoms with Gasteiger partial charge in [0.2, 0.25) is 5.91 Å². The molecule has 0 radical (unpaired) electrons. The predicted molar refractivity (Wildman–Crippen MR) is 61.3 cm³/mol. The average molecular weight is 214 g/mol. The van der Waals surface area contributed by atoms with Crippen LogP contribution in [0.1, 0.15) is 33.1 Å². The van der Waals surface area contributed by atoms with Crippen LogP contribution in [0.2, 0.25) is 0 Å². The van der Waals surface area contributed by atoms with Crippen LogP contribution in [0, 0.1) is 0 Å². The van der Waals surface area contributed by atoms with Crippen LogP contribution in [0.15, 0.2) is 12.7 Å². The highest BCUT2D eigenvalue weighted by Gasteiger charge is 2.25. The molecular weight excluding hydrogens is 192 g/mol. The van der Waals surface area contributed by atoms with Crippen molar-refractivity contribution in [1.82, 2.24) is 5.32 Å². The third-order valence-corrected chi connectivity index (χ3v) is 2.63. The minimum absolute atomic E-state index is 0.0569. The Morgan fingerprint density at radius 3 is 2.73 bits per heavy atom. The first-order valence-corrected chi connectivity index (χ1v) is 5.28. The molecule has 0 aliphatic carbocycles. The maximum absolute atomic E-state index is 11.6. The summed E-state index contributed by atoms with van der Waals surface area (Å²) in [6, 6.07) is -0.549. The van der Waals surface area contributed by atoms with Gasteiger partial charge in [0.25, 0.3) is 0 Å². The third-order valence-electron chi connectivity index (χ3n) is 2.63. The minimum Gasteiger partial charge on any atom is -0.396 e. The maximum Gasteiger partial charge on any atom is 0.237 e. The molecule has 2 atom stereocenters. The van der Waals surface area contributed by atoms with Crippen molar-refractivity contribution in [3.63, 3.8) is 0 Å². The lowest BCUT2D eigenvalue weighted by Gasteiger charge is -2.30. The lowest BCUT2D eigenvalue weighted by Crippen LogP contribution is -2.52. The second kappa shape index (κ2) is 6.58. The minimum atomic E-state index is -0.549. The first kappa shape index (κ1) is 14.1. The van der Waals surface area contributed by atoms with Crippen molar-refractivity contribution >= 4 is 5.91 Å². The molecule has 0 fully saturated rings. The molecule has 4 nitrogen and oxygen atoms in total. The van der Waals surface area contributed by atoms with Gasteiger partial charge in [-0.2, -0.15) is 0 Å². The summed E-state index contributed by atoms with van der Waals surface area (Å²) in [7, 11) is 0. The predicted octanol–water partition coefficient (Wildman–Crippen LogP) is 0.557. The molecule has 0 saturated carbocycles. The Hall–Kier alpha value is -0.870. The van der Waals surface area contributed by atoms with Crippen LogP contribution in [-0.4, -0.2) is 29.2 Å². The molecule has 0 heterocycles. The second-order valence-corrected chi connectivity index (χ2v) is 4.01. The van der Waals surface area contributed by atoms with Crippen LogP contribution in [0.5, 0.6) is 0 Å². The summed E-state index contributed by atoms with van der Waals surface area (Å²) >= 11 is 0. The number of carbonyl (C=O) groups excluding carboxylic acids is 1. The number of nitrogens with one attached hydrogen (secondary N) is 1. The van der Waals surface area contributed by atoms with E-state index < -0.39 is 6.04 Å². The zero-order chi connectivity index (χ0) is 11.9. The number of hydrogen-bond acceptors (Lipinski definition) is 3. The van der Waals surface area contributed by atoms with Gasteiger partial charge >= 0.3 is 0 Å². The molecule has 0 aromatic carbocycles. The standard InChI is InChI=1S/C11H22N2O2/c1-4-6-9(12)10(15)13-11(3,5-2)7-8-14/h4,9,14H,1,5-8,12H2,2-3H3,(H,13,15). The van der Waals surface area contributed by atoms with E-state index in [1.165, 1.54) is 0 Å². The Morgan fingerprint density at radius 2 is 2.33 bits per heavy atom. The molecule has 88 valence electrons. The monoisotopic (exact) mass is 214 g/mol. The highest BCUT2D eigenvalue weighted by atomic mass is 16.3. The first-order valence-electron chi connectivity index (χ1n) is 5.28. The van der Waals surface area contributed by atoms with Crippen molar-refractivity contribution in [2.45, 2.75) is 44.7 Å². The van der Waals surface area contributed by atoms with Crippen molar-refractivity contribution in [2.75, 3.05) is 6.61 Å². The van der Waals surface area contributed by atoms with E-state index in [1.807, 2.05) is 13.8 Å². The van der Waals surface area contributed by atoms with Crippen LogP contribution in [0.3, 0.4) is 0 Å². The lowest BCUT2D eigenvalue weighted by atomic mass is 9.94. The Bertz CT molecular complexity index is 219. The lowest BCUT2D eigenvalue weighted by molar-refractivity contribution is -0.124. The molecule has 0 rings (SSSR count). The van der Waals surface area contributed by atoms with Crippen LogP contribution < -0.4 is 11.1 Å². The molecule has 0 aliphatic heterocycles. The zero-order valence-corrected chi connectivity index (χ0v) is 9.62. The van der Waals surface area contributed by atoms with E-state index in [-0.39, 0.29) is 18.1 Å². The van der Waals surface area contributed by atoms with Crippen LogP contribution >= 0.6 is 0 Å². The number of amides is 1. The molecule has 0 aliphatic rings. The van der Waals surface area contributed by atoms with Crippen LogP contribution in [-0.2, 0) is 4.79 Å². The van der Waals surface area contributed by atoms with Gasteiger partial charge in [-0.05, 0) is 26.2 Å². The molecule has 4 N–H and O–H groups in total. The van der Waals surface area contributed by atoms with Crippen molar-refractivity contribution in [3.8, 4) is 0 Å². The summed E-state index contributed by atoms with van der Waals surface area (Å²) in [6.45, 7) is 7.46. The molecule has 2 unspecified atom stereocenters. The van der Waals surface area contributed by atoms with E-state index in [0.717, 1.165) is 6.42 Å². The molecule has 0 spiro atoms. The van der Waals surface area contributed by atoms with Gasteiger partial charge in [-0.1, -0.05) is 13.0 Å². The van der Waals surface area contributed by atoms with Crippen molar-refractivity contribution in [2.24, 2.45) is 5.73 Å².